The average molecular weight is 515 g/mol. The minimum Gasteiger partial charge on any atom is -0.210 e. The molecule has 30 heavy (non-hydrogen) atoms. The number of rotatable bonds is 2. The normalized spacial score (nSPS) is 12.7. The summed E-state index contributed by atoms with van der Waals surface area (Å²) in [7, 11) is 0. The molecule has 0 atom stereocenters. The topological polar surface area (TPSA) is 0 Å². The van der Waals surface area contributed by atoms with E-state index in [1.165, 1.54) is 64.3 Å². The molecule has 0 bridgehead atoms. The van der Waals surface area contributed by atoms with E-state index in [9.17, 15) is 0 Å². The second kappa shape index (κ2) is 15.4. The Balaban J connectivity index is 0.000000242. The van der Waals surface area contributed by atoms with E-state index in [0.29, 0.717) is 0 Å². The van der Waals surface area contributed by atoms with Gasteiger partial charge in [-0.05, 0) is 0 Å². The molecule has 3 aromatic rings. The standard InChI is InChI=1S/C13H10.C9H11.C5H5.2ClH.Zr/c1-3-7-12(8-4-1)11-13-9-5-2-6-10-13;1-2-5-9-7-3-6-8(9)4-1;1-2-4-5-3-1;;;/h1-10H;3,6-7H,1-2,4-5H2;1-3H,4H2;2*1H;/q;2*-1;;;+2. The van der Waals surface area contributed by atoms with Crippen molar-refractivity contribution in [1.29, 1.82) is 0 Å². The molecule has 0 fully saturated rings. The molecule has 0 radical (unpaired) electrons. The molecule has 0 unspecified atom stereocenters. The first-order chi connectivity index (χ1) is 13.8. The van der Waals surface area contributed by atoms with E-state index in [-0.39, 0.29) is 24.8 Å². The van der Waals surface area contributed by atoms with Crippen molar-refractivity contribution in [2.24, 2.45) is 0 Å². The quantitative estimate of drug-likeness (QED) is 0.316. The van der Waals surface area contributed by atoms with Crippen LogP contribution in [0.15, 0.2) is 97.1 Å². The maximum Gasteiger partial charge on any atom is -0.0512 e. The fourth-order valence-electron chi connectivity index (χ4n) is 3.33. The predicted octanol–water partition coefficient (Wildman–Crippen LogP) is 7.24. The summed E-state index contributed by atoms with van der Waals surface area (Å²) in [6.07, 6.45) is 15.4. The van der Waals surface area contributed by atoms with Gasteiger partial charge in [-0.15, -0.1) is 31.2 Å². The first kappa shape index (κ1) is 26.6. The van der Waals surface area contributed by atoms with E-state index in [0.717, 1.165) is 6.42 Å². The van der Waals surface area contributed by atoms with E-state index in [4.69, 9.17) is 0 Å². The number of allylic oxidation sites excluding steroid dienone is 4. The Morgan fingerprint density at radius 2 is 1.40 bits per heavy atom. The van der Waals surface area contributed by atoms with Crippen LogP contribution in [0.3, 0.4) is 0 Å². The molecule has 0 aromatic heterocycles. The van der Waals surface area contributed by atoms with Crippen LogP contribution in [0.1, 0.15) is 41.5 Å². The molecular formula is C27H28Cl2Zr. The van der Waals surface area contributed by atoms with Gasteiger partial charge in [0.2, 0.25) is 0 Å². The van der Waals surface area contributed by atoms with Crippen molar-refractivity contribution < 1.29 is 24.2 Å². The van der Waals surface area contributed by atoms with Gasteiger partial charge in [0, 0.05) is 0 Å². The van der Waals surface area contributed by atoms with Crippen molar-refractivity contribution in [3.63, 3.8) is 0 Å². The van der Waals surface area contributed by atoms with Crippen LogP contribution in [0, 0.1) is 6.08 Å². The molecule has 0 amide bonds. The first-order valence-electron chi connectivity index (χ1n) is 9.99. The van der Waals surface area contributed by atoms with Crippen molar-refractivity contribution in [3.8, 4) is 0 Å². The van der Waals surface area contributed by atoms with Gasteiger partial charge in [0.15, 0.2) is 0 Å². The van der Waals surface area contributed by atoms with E-state index >= 15 is 0 Å². The van der Waals surface area contributed by atoms with Gasteiger partial charge >= 0.3 is 99.2 Å². The molecule has 2 aliphatic carbocycles. The van der Waals surface area contributed by atoms with Crippen LogP contribution in [0.5, 0.6) is 0 Å². The van der Waals surface area contributed by atoms with Crippen molar-refractivity contribution in [3.05, 3.63) is 125 Å². The largest absolute Gasteiger partial charge is 0.210 e. The van der Waals surface area contributed by atoms with Crippen LogP contribution < -0.4 is 0 Å². The molecule has 3 aromatic carbocycles. The van der Waals surface area contributed by atoms with Crippen LogP contribution in [0.2, 0.25) is 0 Å². The molecule has 0 nitrogen and oxygen atoms in total. The first-order valence-corrected chi connectivity index (χ1v) is 11.2. The van der Waals surface area contributed by atoms with Gasteiger partial charge in [-0.3, -0.25) is 6.08 Å². The van der Waals surface area contributed by atoms with Gasteiger partial charge in [0.1, 0.15) is 0 Å². The zero-order valence-corrected chi connectivity index (χ0v) is 21.2. The molecule has 5 rings (SSSR count). The van der Waals surface area contributed by atoms with Crippen LogP contribution in [-0.4, -0.2) is 3.21 Å². The molecule has 0 N–H and O–H groups in total. The fourth-order valence-corrected chi connectivity index (χ4v) is 4.15. The molecule has 2 aliphatic rings. The van der Waals surface area contributed by atoms with Crippen molar-refractivity contribution in [2.75, 3.05) is 0 Å². The van der Waals surface area contributed by atoms with Crippen LogP contribution in [0.4, 0.5) is 0 Å². The number of hydrogen-bond acceptors (Lipinski definition) is 0. The SMILES string of the molecule is Cl.Cl.[C-]1=CC=CC1.[Zr+2]=[C](c1ccccc1)c1ccccc1.c1cc2c([cH-]1)CCCC2. The summed E-state index contributed by atoms with van der Waals surface area (Å²) in [6, 6.07) is 27.8. The second-order valence-corrected chi connectivity index (χ2v) is 8.12. The van der Waals surface area contributed by atoms with Crippen molar-refractivity contribution in [1.82, 2.24) is 0 Å². The van der Waals surface area contributed by atoms with Gasteiger partial charge in [-0.25, -0.2) is 18.2 Å². The molecule has 154 valence electrons. The fraction of sp³-hybridized carbons (Fsp3) is 0.185. The third-order valence-electron chi connectivity index (χ3n) is 4.86. The van der Waals surface area contributed by atoms with Crippen molar-refractivity contribution >= 4 is 28.0 Å². The van der Waals surface area contributed by atoms with Crippen molar-refractivity contribution in [2.45, 2.75) is 32.1 Å². The minimum atomic E-state index is 0. The summed E-state index contributed by atoms with van der Waals surface area (Å²) in [4.78, 5) is 0. The van der Waals surface area contributed by atoms with Gasteiger partial charge < -0.3 is 0 Å². The van der Waals surface area contributed by atoms with Gasteiger partial charge in [-0.1, -0.05) is 25.7 Å². The summed E-state index contributed by atoms with van der Waals surface area (Å²) < 4.78 is 1.42. The summed E-state index contributed by atoms with van der Waals surface area (Å²) in [5.41, 5.74) is 5.86. The number of aryl methyl sites for hydroxylation is 2. The predicted molar refractivity (Wildman–Crippen MR) is 131 cm³/mol. The molecule has 3 heteroatoms. The average Bonchev–Trinajstić information content (AvgIpc) is 3.50. The molecule has 0 saturated heterocycles. The number of hydrogen-bond donors (Lipinski definition) is 0. The zero-order valence-electron chi connectivity index (χ0n) is 17.1. The minimum absolute atomic E-state index is 0. The van der Waals surface area contributed by atoms with Crippen LogP contribution in [0.25, 0.3) is 0 Å². The molecular weight excluding hydrogens is 486 g/mol. The third kappa shape index (κ3) is 8.77. The zero-order chi connectivity index (χ0) is 19.4. The smallest absolute Gasteiger partial charge is 0.0512 e. The molecule has 0 aliphatic heterocycles. The monoisotopic (exact) mass is 512 g/mol. The van der Waals surface area contributed by atoms with Crippen LogP contribution >= 0.6 is 24.8 Å². The van der Waals surface area contributed by atoms with E-state index < -0.39 is 0 Å². The molecule has 0 heterocycles. The summed E-state index contributed by atoms with van der Waals surface area (Å²) >= 11 is 1.46. The van der Waals surface area contributed by atoms with E-state index in [1.807, 2.05) is 12.2 Å². The summed E-state index contributed by atoms with van der Waals surface area (Å²) in [5, 5.41) is 0. The summed E-state index contributed by atoms with van der Waals surface area (Å²) in [5.74, 6) is 0. The van der Waals surface area contributed by atoms with Gasteiger partial charge in [-0.2, -0.15) is 29.3 Å². The molecule has 0 spiro atoms. The maximum atomic E-state index is 2.99. The number of fused-ring (bicyclic) bond motifs is 1. The van der Waals surface area contributed by atoms with Gasteiger partial charge in [0.25, 0.3) is 0 Å². The third-order valence-corrected chi connectivity index (χ3v) is 6.28. The molecule has 0 saturated carbocycles. The van der Waals surface area contributed by atoms with E-state index in [2.05, 4.69) is 91.0 Å². The Morgan fingerprint density at radius 3 is 1.87 bits per heavy atom. The van der Waals surface area contributed by atoms with Gasteiger partial charge in [0.05, 0.1) is 0 Å². The van der Waals surface area contributed by atoms with Crippen LogP contribution in [-0.2, 0) is 37.1 Å². The Hall–Kier alpha value is -1.40. The Morgan fingerprint density at radius 1 is 0.800 bits per heavy atom. The maximum absolute atomic E-state index is 2.99. The Labute approximate surface area is 208 Å². The Bertz CT molecular complexity index is 836. The van der Waals surface area contributed by atoms with E-state index in [1.54, 1.807) is 11.1 Å². The summed E-state index contributed by atoms with van der Waals surface area (Å²) in [6.45, 7) is 0. The second-order valence-electron chi connectivity index (χ2n) is 6.89. The number of benzene rings is 2. The number of halogens is 2. The Kier molecular flexibility index (Phi) is 13.7.